The van der Waals surface area contributed by atoms with E-state index in [1.54, 1.807) is 0 Å². The van der Waals surface area contributed by atoms with Crippen LogP contribution >= 0.6 is 0 Å². The van der Waals surface area contributed by atoms with E-state index < -0.39 is 44.1 Å². The molecule has 1 saturated heterocycles. The van der Waals surface area contributed by atoms with Crippen molar-refractivity contribution in [2.24, 2.45) is 0 Å². The molecule has 0 radical (unpaired) electrons. The molecule has 0 bridgehead atoms. The molecule has 29 heavy (non-hydrogen) atoms. The molecule has 6 nitrogen and oxygen atoms in total. The molecule has 3 rings (SSSR count). The summed E-state index contributed by atoms with van der Waals surface area (Å²) in [6.45, 7) is 14.6. The zero-order valence-corrected chi connectivity index (χ0v) is 19.6. The maximum atomic E-state index is 11.5. The molecule has 0 unspecified atom stereocenters. The van der Waals surface area contributed by atoms with Crippen LogP contribution in [0.5, 0.6) is 0 Å². The van der Waals surface area contributed by atoms with E-state index in [4.69, 9.17) is 18.6 Å². The summed E-state index contributed by atoms with van der Waals surface area (Å²) in [6.07, 6.45) is -3.12. The number of ether oxygens (including phenoxy) is 3. The van der Waals surface area contributed by atoms with Crippen LogP contribution in [0.3, 0.4) is 0 Å². The molecule has 164 valence electrons. The first kappa shape index (κ1) is 22.9. The summed E-state index contributed by atoms with van der Waals surface area (Å²) >= 11 is 0. The highest BCUT2D eigenvalue weighted by Crippen LogP contribution is 2.48. The predicted octanol–water partition coefficient (Wildman–Crippen LogP) is 3.22. The van der Waals surface area contributed by atoms with E-state index in [1.165, 1.54) is 0 Å². The van der Waals surface area contributed by atoms with Gasteiger partial charge in [0, 0.05) is 0 Å². The molecule has 1 saturated carbocycles. The fourth-order valence-corrected chi connectivity index (χ4v) is 5.07. The van der Waals surface area contributed by atoms with Crippen LogP contribution in [0, 0.1) is 0 Å². The summed E-state index contributed by atoms with van der Waals surface area (Å²) in [5.74, 6) is -0.863. The first-order chi connectivity index (χ1) is 13.3. The third kappa shape index (κ3) is 4.46. The third-order valence-electron chi connectivity index (χ3n) is 6.45. The van der Waals surface area contributed by atoms with Crippen molar-refractivity contribution in [1.29, 1.82) is 0 Å². The molecular weight excluding hydrogens is 388 g/mol. The number of rotatable bonds is 6. The highest BCUT2D eigenvalue weighted by atomic mass is 28.4. The number of aliphatic hydroxyl groups excluding tert-OH is 1. The highest BCUT2D eigenvalue weighted by molar-refractivity contribution is 6.74. The molecule has 7 heteroatoms. The van der Waals surface area contributed by atoms with E-state index in [1.807, 2.05) is 44.2 Å². The van der Waals surface area contributed by atoms with Crippen LogP contribution < -0.4 is 0 Å². The molecule has 0 spiro atoms. The standard InChI is InChI=1S/C22H36O6Si/c1-20(2,3)29(6,7)28-16-17-19(27-21(4,5)26-17)22(24,18(16)23)14-25-13-15-11-9-8-10-12-15/h8-12,16-19,23-24H,13-14H2,1-7H3/t16-,17+,18-,19+,22-/m1/s1. The van der Waals surface area contributed by atoms with Crippen LogP contribution in [0.15, 0.2) is 30.3 Å². The van der Waals surface area contributed by atoms with Gasteiger partial charge >= 0.3 is 0 Å². The van der Waals surface area contributed by atoms with Crippen LogP contribution in [0.4, 0.5) is 0 Å². The zero-order chi connectivity index (χ0) is 21.7. The molecule has 1 aromatic rings. The number of fused-ring (bicyclic) bond motifs is 1. The second-order valence-electron chi connectivity index (χ2n) is 10.3. The minimum Gasteiger partial charge on any atom is -0.408 e. The van der Waals surface area contributed by atoms with Gasteiger partial charge in [0.15, 0.2) is 14.1 Å². The van der Waals surface area contributed by atoms with Crippen molar-refractivity contribution in [3.63, 3.8) is 0 Å². The van der Waals surface area contributed by atoms with E-state index in [2.05, 4.69) is 33.9 Å². The normalized spacial score (nSPS) is 34.4. The second-order valence-corrected chi connectivity index (χ2v) is 15.0. The smallest absolute Gasteiger partial charge is 0.192 e. The van der Waals surface area contributed by atoms with E-state index >= 15 is 0 Å². The first-order valence-electron chi connectivity index (χ1n) is 10.3. The van der Waals surface area contributed by atoms with Crippen LogP contribution in [0.1, 0.15) is 40.2 Å². The first-order valence-corrected chi connectivity index (χ1v) is 13.2. The van der Waals surface area contributed by atoms with Gasteiger partial charge in [-0.2, -0.15) is 0 Å². The lowest BCUT2D eigenvalue weighted by Crippen LogP contribution is -2.55. The summed E-state index contributed by atoms with van der Waals surface area (Å²) in [7, 11) is -2.21. The molecule has 1 aromatic carbocycles. The van der Waals surface area contributed by atoms with Crippen LogP contribution in [-0.2, 0) is 25.2 Å². The predicted molar refractivity (Wildman–Crippen MR) is 113 cm³/mol. The van der Waals surface area contributed by atoms with E-state index in [0.717, 1.165) is 5.56 Å². The Labute approximate surface area is 175 Å². The van der Waals surface area contributed by atoms with E-state index in [0.29, 0.717) is 6.61 Å². The Morgan fingerprint density at radius 2 is 1.72 bits per heavy atom. The van der Waals surface area contributed by atoms with Gasteiger partial charge in [0.25, 0.3) is 0 Å². The van der Waals surface area contributed by atoms with Crippen LogP contribution in [-0.4, -0.2) is 60.9 Å². The van der Waals surface area contributed by atoms with Gasteiger partial charge in [0.1, 0.15) is 30.0 Å². The fraction of sp³-hybridized carbons (Fsp3) is 0.727. The van der Waals surface area contributed by atoms with Crippen LogP contribution in [0.2, 0.25) is 18.1 Å². The average Bonchev–Trinajstić information content (AvgIpc) is 3.02. The molecule has 2 fully saturated rings. The fourth-order valence-electron chi connectivity index (χ4n) is 3.77. The van der Waals surface area contributed by atoms with E-state index in [9.17, 15) is 10.2 Å². The molecular formula is C22H36O6Si. The minimum absolute atomic E-state index is 0.0400. The largest absolute Gasteiger partial charge is 0.408 e. The Bertz CT molecular complexity index is 701. The number of benzene rings is 1. The van der Waals surface area contributed by atoms with Gasteiger partial charge in [-0.1, -0.05) is 51.1 Å². The van der Waals surface area contributed by atoms with Crippen molar-refractivity contribution in [2.45, 2.75) is 95.2 Å². The van der Waals surface area contributed by atoms with Crippen molar-refractivity contribution in [3.05, 3.63) is 35.9 Å². The summed E-state index contributed by atoms with van der Waals surface area (Å²) in [5, 5.41) is 22.5. The molecule has 2 aliphatic rings. The Hall–Kier alpha value is -0.803. The molecule has 2 N–H and O–H groups in total. The third-order valence-corrected chi connectivity index (χ3v) is 10.9. The number of hydrogen-bond acceptors (Lipinski definition) is 6. The Morgan fingerprint density at radius 3 is 2.31 bits per heavy atom. The van der Waals surface area contributed by atoms with Crippen LogP contribution in [0.25, 0.3) is 0 Å². The highest BCUT2D eigenvalue weighted by Gasteiger charge is 2.67. The monoisotopic (exact) mass is 424 g/mol. The lowest BCUT2D eigenvalue weighted by atomic mass is 9.98. The SMILES string of the molecule is CC1(C)O[C@H]2[C@@H](O[Si](C)(C)C(C)(C)C)[C@@H](O)[C@](O)(COCc3ccccc3)[C@H]2O1. The Balaban J connectivity index is 1.79. The quantitative estimate of drug-likeness (QED) is 0.683. The van der Waals surface area contributed by atoms with Gasteiger partial charge in [-0.25, -0.2) is 0 Å². The van der Waals surface area contributed by atoms with Crippen molar-refractivity contribution >= 4 is 8.32 Å². The average molecular weight is 425 g/mol. The maximum Gasteiger partial charge on any atom is 0.192 e. The Kier molecular flexibility index (Phi) is 6.08. The number of aliphatic hydroxyl groups is 2. The van der Waals surface area contributed by atoms with Crippen molar-refractivity contribution in [3.8, 4) is 0 Å². The van der Waals surface area contributed by atoms with E-state index in [-0.39, 0.29) is 11.6 Å². The molecule has 0 amide bonds. The van der Waals surface area contributed by atoms with Gasteiger partial charge in [0.05, 0.1) is 13.2 Å². The molecule has 0 aromatic heterocycles. The van der Waals surface area contributed by atoms with Gasteiger partial charge in [-0.3, -0.25) is 0 Å². The summed E-state index contributed by atoms with van der Waals surface area (Å²) < 4.78 is 24.4. The molecule has 1 heterocycles. The van der Waals surface area contributed by atoms with Gasteiger partial charge in [-0.05, 0) is 37.5 Å². The van der Waals surface area contributed by atoms with Gasteiger partial charge in [0.2, 0.25) is 0 Å². The summed E-state index contributed by atoms with van der Waals surface area (Å²) in [6, 6.07) is 9.73. The summed E-state index contributed by atoms with van der Waals surface area (Å²) in [5.41, 5.74) is -0.613. The second kappa shape index (κ2) is 7.71. The molecule has 1 aliphatic carbocycles. The lowest BCUT2D eigenvalue weighted by molar-refractivity contribution is -0.223. The Morgan fingerprint density at radius 1 is 1.10 bits per heavy atom. The van der Waals surface area contributed by atoms with Crippen molar-refractivity contribution in [1.82, 2.24) is 0 Å². The maximum absolute atomic E-state index is 11.5. The van der Waals surface area contributed by atoms with Crippen molar-refractivity contribution < 1.29 is 28.8 Å². The molecule has 5 atom stereocenters. The minimum atomic E-state index is -2.21. The topological polar surface area (TPSA) is 77.4 Å². The zero-order valence-electron chi connectivity index (χ0n) is 18.6. The summed E-state index contributed by atoms with van der Waals surface area (Å²) in [4.78, 5) is 0. The van der Waals surface area contributed by atoms with Gasteiger partial charge < -0.3 is 28.8 Å². The van der Waals surface area contributed by atoms with Crippen molar-refractivity contribution in [2.75, 3.05) is 6.61 Å². The molecule has 1 aliphatic heterocycles. The number of hydrogen-bond donors (Lipinski definition) is 2. The van der Waals surface area contributed by atoms with Gasteiger partial charge in [-0.15, -0.1) is 0 Å². The lowest BCUT2D eigenvalue weighted by Gasteiger charge is -2.41.